The molecule has 0 aromatic heterocycles. The molecule has 1 fully saturated rings. The Kier molecular flexibility index (Phi) is 1.54. The molecule has 2 heteroatoms. The Bertz CT molecular complexity index is 40.8. The average molecular weight is 147 g/mol. The summed E-state index contributed by atoms with van der Waals surface area (Å²) in [5.41, 5.74) is 0. The van der Waals surface area contributed by atoms with E-state index in [0.29, 0.717) is 0 Å². The van der Waals surface area contributed by atoms with Crippen LogP contribution in [0.1, 0.15) is 12.8 Å². The topological polar surface area (TPSA) is 9.23 Å². The SMILES string of the molecule is [GeH3][CH]1CCCO1. The van der Waals surface area contributed by atoms with E-state index in [1.54, 1.807) is 0 Å². The zero-order valence-electron chi connectivity index (χ0n) is 4.11. The molecule has 0 N–H and O–H groups in total. The second kappa shape index (κ2) is 1.98. The Morgan fingerprint density at radius 1 is 1.67 bits per heavy atom. The van der Waals surface area contributed by atoms with Gasteiger partial charge in [-0.1, -0.05) is 0 Å². The van der Waals surface area contributed by atoms with Gasteiger partial charge in [-0.3, -0.25) is 0 Å². The van der Waals surface area contributed by atoms with E-state index in [4.69, 9.17) is 4.74 Å². The van der Waals surface area contributed by atoms with Crippen LogP contribution in [0.4, 0.5) is 0 Å². The molecule has 0 spiro atoms. The molecule has 0 aromatic rings. The van der Waals surface area contributed by atoms with Gasteiger partial charge in [-0.25, -0.2) is 0 Å². The second-order valence-corrected chi connectivity index (χ2v) is 4.53. The summed E-state index contributed by atoms with van der Waals surface area (Å²) in [5, 5.41) is 0. The third-order valence-corrected chi connectivity index (χ3v) is 3.07. The van der Waals surface area contributed by atoms with Crippen LogP contribution in [-0.4, -0.2) is 28.1 Å². The summed E-state index contributed by atoms with van der Waals surface area (Å²) in [4.78, 5) is 0.734. The van der Waals surface area contributed by atoms with Crippen LogP contribution in [0.2, 0.25) is 0 Å². The quantitative estimate of drug-likeness (QED) is 0.419. The van der Waals surface area contributed by atoms with Crippen molar-refractivity contribution in [2.24, 2.45) is 0 Å². The first-order valence-electron chi connectivity index (χ1n) is 2.51. The third kappa shape index (κ3) is 0.981. The molecule has 1 nitrogen and oxygen atoms in total. The molecule has 1 aliphatic rings. The molecule has 1 atom stereocenters. The van der Waals surface area contributed by atoms with Gasteiger partial charge in [0.1, 0.15) is 0 Å². The maximum absolute atomic E-state index is 5.24. The Labute approximate surface area is 46.3 Å². The molecule has 36 valence electrons. The molecule has 1 rings (SSSR count). The fraction of sp³-hybridized carbons (Fsp3) is 1.00. The Hall–Kier alpha value is 0.503. The van der Waals surface area contributed by atoms with E-state index in [1.807, 2.05) is 0 Å². The molecule has 1 heterocycles. The molecule has 0 aliphatic carbocycles. The Morgan fingerprint density at radius 3 is 2.67 bits per heavy atom. The first kappa shape index (κ1) is 4.66. The van der Waals surface area contributed by atoms with E-state index < -0.39 is 0 Å². The first-order chi connectivity index (χ1) is 2.89. The van der Waals surface area contributed by atoms with Crippen LogP contribution in [0.3, 0.4) is 0 Å². The van der Waals surface area contributed by atoms with Gasteiger partial charge in [0.2, 0.25) is 0 Å². The number of hydrogen-bond acceptors (Lipinski definition) is 1. The molecule has 1 aliphatic heterocycles. The van der Waals surface area contributed by atoms with Crippen molar-refractivity contribution in [2.75, 3.05) is 6.61 Å². The van der Waals surface area contributed by atoms with Crippen molar-refractivity contribution >= 4 is 16.5 Å². The molecule has 0 radical (unpaired) electrons. The summed E-state index contributed by atoms with van der Waals surface area (Å²) in [6, 6.07) is 0. The van der Waals surface area contributed by atoms with Crippen molar-refractivity contribution in [3.05, 3.63) is 0 Å². The predicted molar refractivity (Wildman–Crippen MR) is 28.9 cm³/mol. The van der Waals surface area contributed by atoms with Crippen LogP contribution in [-0.2, 0) is 4.74 Å². The zero-order chi connectivity index (χ0) is 4.41. The number of rotatable bonds is 0. The Balaban J connectivity index is 2.18. The van der Waals surface area contributed by atoms with E-state index in [0.717, 1.165) is 28.1 Å². The van der Waals surface area contributed by atoms with Gasteiger partial charge in [0.05, 0.1) is 0 Å². The van der Waals surface area contributed by atoms with Gasteiger partial charge in [-0.2, -0.15) is 0 Å². The van der Waals surface area contributed by atoms with Crippen LogP contribution < -0.4 is 0 Å². The van der Waals surface area contributed by atoms with E-state index in [9.17, 15) is 0 Å². The van der Waals surface area contributed by atoms with E-state index in [-0.39, 0.29) is 0 Å². The molecule has 0 bridgehead atoms. The van der Waals surface area contributed by atoms with Crippen molar-refractivity contribution in [1.82, 2.24) is 0 Å². The fourth-order valence-corrected chi connectivity index (χ4v) is 2.09. The maximum atomic E-state index is 5.24. The molecule has 0 aromatic carbocycles. The van der Waals surface area contributed by atoms with Gasteiger partial charge < -0.3 is 0 Å². The molecule has 1 saturated heterocycles. The molecule has 6 heavy (non-hydrogen) atoms. The predicted octanol–water partition coefficient (Wildman–Crippen LogP) is -0.512. The van der Waals surface area contributed by atoms with Crippen LogP contribution >= 0.6 is 0 Å². The Morgan fingerprint density at radius 2 is 2.50 bits per heavy atom. The van der Waals surface area contributed by atoms with Crippen molar-refractivity contribution < 1.29 is 4.74 Å². The van der Waals surface area contributed by atoms with E-state index in [2.05, 4.69) is 0 Å². The van der Waals surface area contributed by atoms with Crippen molar-refractivity contribution in [3.63, 3.8) is 0 Å². The summed E-state index contributed by atoms with van der Waals surface area (Å²) in [7, 11) is 0. The van der Waals surface area contributed by atoms with Gasteiger partial charge in [0, 0.05) is 0 Å². The molecule has 0 saturated carbocycles. The monoisotopic (exact) mass is 148 g/mol. The average Bonchev–Trinajstić information content (AvgIpc) is 1.86. The van der Waals surface area contributed by atoms with Gasteiger partial charge in [0.15, 0.2) is 0 Å². The fourth-order valence-electron chi connectivity index (χ4n) is 0.739. The van der Waals surface area contributed by atoms with Crippen molar-refractivity contribution in [3.8, 4) is 0 Å². The van der Waals surface area contributed by atoms with E-state index >= 15 is 0 Å². The minimum absolute atomic E-state index is 0.734. The molecule has 0 amide bonds. The molecule has 1 unspecified atom stereocenters. The summed E-state index contributed by atoms with van der Waals surface area (Å²) in [6.07, 6.45) is 2.66. The van der Waals surface area contributed by atoms with Crippen LogP contribution in [0.5, 0.6) is 0 Å². The van der Waals surface area contributed by atoms with Gasteiger partial charge in [0.25, 0.3) is 0 Å². The van der Waals surface area contributed by atoms with Gasteiger partial charge in [-0.05, 0) is 0 Å². The van der Waals surface area contributed by atoms with Crippen LogP contribution in [0, 0.1) is 0 Å². The minimum atomic E-state index is 0.734. The number of hydrogen-bond donors (Lipinski definition) is 0. The standard InChI is InChI=1S/C4H10GeO/c5-4-2-1-3-6-4/h4H,1-3H2,5H3. The number of ether oxygens (including phenoxy) is 1. The first-order valence-corrected chi connectivity index (χ1v) is 4.93. The second-order valence-electron chi connectivity index (χ2n) is 1.82. The third-order valence-electron chi connectivity index (χ3n) is 1.16. The summed E-state index contributed by atoms with van der Waals surface area (Å²) < 4.78 is 5.24. The summed E-state index contributed by atoms with van der Waals surface area (Å²) in [5.74, 6) is 0. The van der Waals surface area contributed by atoms with Crippen molar-refractivity contribution in [1.29, 1.82) is 0 Å². The van der Waals surface area contributed by atoms with Gasteiger partial charge >= 0.3 is 45.6 Å². The molecular weight excluding hydrogens is 137 g/mol. The zero-order valence-corrected chi connectivity index (χ0v) is 8.30. The van der Waals surface area contributed by atoms with Crippen molar-refractivity contribution in [2.45, 2.75) is 17.8 Å². The summed E-state index contributed by atoms with van der Waals surface area (Å²) >= 11 is 0.920. The summed E-state index contributed by atoms with van der Waals surface area (Å²) in [6.45, 7) is 1.03. The van der Waals surface area contributed by atoms with Crippen LogP contribution in [0.15, 0.2) is 0 Å². The normalized spacial score (nSPS) is 35.0. The van der Waals surface area contributed by atoms with Gasteiger partial charge in [-0.15, -0.1) is 0 Å². The van der Waals surface area contributed by atoms with E-state index in [1.165, 1.54) is 12.8 Å². The molecular formula is C4H10GeO. The van der Waals surface area contributed by atoms with Crippen LogP contribution in [0.25, 0.3) is 0 Å².